The number of alkyl halides is 1. The Morgan fingerprint density at radius 2 is 1.67 bits per heavy atom. The molecule has 0 aliphatic rings. The van der Waals surface area contributed by atoms with E-state index < -0.39 is 0 Å². The molecule has 1 amide bonds. The Bertz CT molecular complexity index is 1150. The van der Waals surface area contributed by atoms with Crippen LogP contribution >= 0.6 is 11.6 Å². The van der Waals surface area contributed by atoms with Crippen LogP contribution in [0.5, 0.6) is 0 Å². The molecular weight excluding hydrogens is 398 g/mol. The number of rotatable bonds is 6. The number of pyridine rings is 1. The Kier molecular flexibility index (Phi) is 5.96. The summed E-state index contributed by atoms with van der Waals surface area (Å²) >= 11 is 5.80. The standard InChI is InChI=1S/C23H18ClN5O/c24-15-16-4-6-18(7-5-16)22(30)27-19-2-1-3-20(14-19)28-23-26-13-10-21(29-23)17-8-11-25-12-9-17/h1-14H,15H2,(H,27,30)(H,26,28,29). The number of nitrogens with one attached hydrogen (secondary N) is 2. The second-order valence-corrected chi connectivity index (χ2v) is 6.76. The summed E-state index contributed by atoms with van der Waals surface area (Å²) in [6.45, 7) is 0. The first-order valence-corrected chi connectivity index (χ1v) is 9.81. The molecule has 2 N–H and O–H groups in total. The van der Waals surface area contributed by atoms with Crippen LogP contribution in [0.15, 0.2) is 85.3 Å². The fourth-order valence-electron chi connectivity index (χ4n) is 2.85. The number of amides is 1. The van der Waals surface area contributed by atoms with Gasteiger partial charge in [-0.3, -0.25) is 9.78 Å². The highest BCUT2D eigenvalue weighted by molar-refractivity contribution is 6.17. The summed E-state index contributed by atoms with van der Waals surface area (Å²) in [6.07, 6.45) is 5.14. The Morgan fingerprint density at radius 1 is 0.900 bits per heavy atom. The Morgan fingerprint density at radius 3 is 2.43 bits per heavy atom. The predicted octanol–water partition coefficient (Wildman–Crippen LogP) is 5.27. The first-order chi connectivity index (χ1) is 14.7. The maximum absolute atomic E-state index is 12.5. The topological polar surface area (TPSA) is 79.8 Å². The maximum Gasteiger partial charge on any atom is 0.255 e. The molecule has 0 aliphatic carbocycles. The summed E-state index contributed by atoms with van der Waals surface area (Å²) in [6, 6.07) is 20.2. The minimum Gasteiger partial charge on any atom is -0.324 e. The molecule has 2 aromatic carbocycles. The second-order valence-electron chi connectivity index (χ2n) is 6.49. The number of hydrogen-bond acceptors (Lipinski definition) is 5. The summed E-state index contributed by atoms with van der Waals surface area (Å²) in [7, 11) is 0. The lowest BCUT2D eigenvalue weighted by atomic mass is 10.1. The lowest BCUT2D eigenvalue weighted by molar-refractivity contribution is 0.102. The number of anilines is 3. The van der Waals surface area contributed by atoms with Gasteiger partial charge in [-0.1, -0.05) is 18.2 Å². The van der Waals surface area contributed by atoms with E-state index in [-0.39, 0.29) is 5.91 Å². The highest BCUT2D eigenvalue weighted by Gasteiger charge is 2.07. The van der Waals surface area contributed by atoms with E-state index in [9.17, 15) is 4.79 Å². The zero-order valence-electron chi connectivity index (χ0n) is 15.9. The minimum absolute atomic E-state index is 0.191. The van der Waals surface area contributed by atoms with Crippen LogP contribution in [-0.2, 0) is 5.88 Å². The van der Waals surface area contributed by atoms with E-state index in [2.05, 4.69) is 25.6 Å². The molecule has 0 unspecified atom stereocenters. The Balaban J connectivity index is 1.48. The molecule has 2 aromatic heterocycles. The minimum atomic E-state index is -0.191. The molecule has 0 fully saturated rings. The van der Waals surface area contributed by atoms with Crippen molar-refractivity contribution in [2.45, 2.75) is 5.88 Å². The molecule has 0 radical (unpaired) electrons. The first-order valence-electron chi connectivity index (χ1n) is 9.28. The fraction of sp³-hybridized carbons (Fsp3) is 0.0435. The number of benzene rings is 2. The van der Waals surface area contributed by atoms with Crippen molar-refractivity contribution in [2.24, 2.45) is 0 Å². The molecule has 30 heavy (non-hydrogen) atoms. The Hall–Kier alpha value is -3.77. The summed E-state index contributed by atoms with van der Waals surface area (Å²) in [5.41, 5.74) is 4.70. The van der Waals surface area contributed by atoms with Gasteiger partial charge in [-0.2, -0.15) is 0 Å². The molecule has 6 nitrogen and oxygen atoms in total. The van der Waals surface area contributed by atoms with Gasteiger partial charge in [-0.05, 0) is 54.1 Å². The van der Waals surface area contributed by atoms with Crippen molar-refractivity contribution in [3.63, 3.8) is 0 Å². The van der Waals surface area contributed by atoms with Crippen molar-refractivity contribution in [1.29, 1.82) is 0 Å². The third-order valence-corrected chi connectivity index (χ3v) is 4.69. The zero-order valence-corrected chi connectivity index (χ0v) is 16.7. The Labute approximate surface area is 179 Å². The number of halogens is 1. The molecule has 2 heterocycles. The maximum atomic E-state index is 12.5. The smallest absolute Gasteiger partial charge is 0.255 e. The van der Waals surface area contributed by atoms with Crippen LogP contribution in [0.25, 0.3) is 11.3 Å². The third-order valence-electron chi connectivity index (χ3n) is 4.38. The van der Waals surface area contributed by atoms with Gasteiger partial charge in [-0.25, -0.2) is 9.97 Å². The second kappa shape index (κ2) is 9.15. The van der Waals surface area contributed by atoms with E-state index >= 15 is 0 Å². The van der Waals surface area contributed by atoms with Crippen molar-refractivity contribution in [1.82, 2.24) is 15.0 Å². The average Bonchev–Trinajstić information content (AvgIpc) is 2.80. The monoisotopic (exact) mass is 415 g/mol. The van der Waals surface area contributed by atoms with E-state index in [1.54, 1.807) is 30.7 Å². The van der Waals surface area contributed by atoms with Gasteiger partial charge in [0.2, 0.25) is 5.95 Å². The lowest BCUT2D eigenvalue weighted by Gasteiger charge is -2.10. The van der Waals surface area contributed by atoms with Crippen LogP contribution < -0.4 is 10.6 Å². The highest BCUT2D eigenvalue weighted by Crippen LogP contribution is 2.21. The summed E-state index contributed by atoms with van der Waals surface area (Å²) in [5.74, 6) is 0.689. The van der Waals surface area contributed by atoms with Gasteiger partial charge in [-0.15, -0.1) is 11.6 Å². The molecule has 0 atom stereocenters. The van der Waals surface area contributed by atoms with E-state index in [1.807, 2.05) is 54.6 Å². The van der Waals surface area contributed by atoms with Crippen LogP contribution in [0.4, 0.5) is 17.3 Å². The van der Waals surface area contributed by atoms with Crippen LogP contribution in [0.1, 0.15) is 15.9 Å². The van der Waals surface area contributed by atoms with E-state index in [1.165, 1.54) is 0 Å². The molecule has 148 valence electrons. The molecule has 0 bridgehead atoms. The van der Waals surface area contributed by atoms with Crippen LogP contribution in [-0.4, -0.2) is 20.9 Å². The molecule has 4 rings (SSSR count). The van der Waals surface area contributed by atoms with Gasteiger partial charge in [0.15, 0.2) is 0 Å². The van der Waals surface area contributed by atoms with Gasteiger partial charge in [0, 0.05) is 47.0 Å². The summed E-state index contributed by atoms with van der Waals surface area (Å²) < 4.78 is 0. The van der Waals surface area contributed by atoms with E-state index in [0.717, 1.165) is 22.5 Å². The quantitative estimate of drug-likeness (QED) is 0.419. The predicted molar refractivity (Wildman–Crippen MR) is 119 cm³/mol. The van der Waals surface area contributed by atoms with Gasteiger partial charge >= 0.3 is 0 Å². The summed E-state index contributed by atoms with van der Waals surface area (Å²) in [5, 5.41) is 6.08. The third kappa shape index (κ3) is 4.79. The van der Waals surface area contributed by atoms with Crippen LogP contribution in [0, 0.1) is 0 Å². The SMILES string of the molecule is O=C(Nc1cccc(Nc2nccc(-c3ccncc3)n2)c1)c1ccc(CCl)cc1. The number of carbonyl (C=O) groups excluding carboxylic acids is 1. The van der Waals surface area contributed by atoms with Crippen LogP contribution in [0.3, 0.4) is 0 Å². The normalized spacial score (nSPS) is 10.4. The van der Waals surface area contributed by atoms with Gasteiger partial charge in [0.1, 0.15) is 0 Å². The van der Waals surface area contributed by atoms with Gasteiger partial charge in [0.05, 0.1) is 5.69 Å². The average molecular weight is 416 g/mol. The highest BCUT2D eigenvalue weighted by atomic mass is 35.5. The number of nitrogens with zero attached hydrogens (tertiary/aromatic N) is 3. The van der Waals surface area contributed by atoms with Gasteiger partial charge in [0.25, 0.3) is 5.91 Å². The molecular formula is C23H18ClN5O. The van der Waals surface area contributed by atoms with E-state index in [4.69, 9.17) is 11.6 Å². The van der Waals surface area contributed by atoms with Crippen molar-refractivity contribution in [2.75, 3.05) is 10.6 Å². The van der Waals surface area contributed by atoms with Gasteiger partial charge < -0.3 is 10.6 Å². The van der Waals surface area contributed by atoms with Crippen molar-refractivity contribution in [3.05, 3.63) is 96.4 Å². The molecule has 0 saturated heterocycles. The molecule has 0 saturated carbocycles. The number of carbonyl (C=O) groups is 1. The molecule has 0 aliphatic heterocycles. The zero-order chi connectivity index (χ0) is 20.8. The van der Waals surface area contributed by atoms with Crippen LogP contribution in [0.2, 0.25) is 0 Å². The van der Waals surface area contributed by atoms with Crippen molar-refractivity contribution in [3.8, 4) is 11.3 Å². The molecule has 0 spiro atoms. The fourth-order valence-corrected chi connectivity index (χ4v) is 3.03. The van der Waals surface area contributed by atoms with Crippen molar-refractivity contribution < 1.29 is 4.79 Å². The van der Waals surface area contributed by atoms with E-state index in [0.29, 0.717) is 23.1 Å². The molecule has 4 aromatic rings. The lowest BCUT2D eigenvalue weighted by Crippen LogP contribution is -2.12. The molecule has 7 heteroatoms. The summed E-state index contributed by atoms with van der Waals surface area (Å²) in [4.78, 5) is 25.3. The number of hydrogen-bond donors (Lipinski definition) is 2. The van der Waals surface area contributed by atoms with Crippen molar-refractivity contribution >= 4 is 34.8 Å². The largest absolute Gasteiger partial charge is 0.324 e. The number of aromatic nitrogens is 3. The first kappa shape index (κ1) is 19.5.